The summed E-state index contributed by atoms with van der Waals surface area (Å²) < 4.78 is 7.47. The minimum atomic E-state index is -0.947. The SMILES string of the molecule is Cc1cc(C(=O)O)ccc1OCc1nnnn1C1CC1. The van der Waals surface area contributed by atoms with E-state index in [1.807, 2.05) is 6.92 Å². The van der Waals surface area contributed by atoms with Crippen LogP contribution in [-0.2, 0) is 6.61 Å². The molecular formula is C13H14N4O3. The Morgan fingerprint density at radius 1 is 1.50 bits per heavy atom. The Balaban J connectivity index is 1.71. The molecule has 2 aromatic rings. The molecule has 0 saturated heterocycles. The monoisotopic (exact) mass is 274 g/mol. The molecule has 0 unspecified atom stereocenters. The summed E-state index contributed by atoms with van der Waals surface area (Å²) >= 11 is 0. The molecule has 1 aromatic heterocycles. The number of aromatic carboxylic acids is 1. The normalized spacial score (nSPS) is 14.2. The molecule has 1 fully saturated rings. The number of nitrogens with zero attached hydrogens (tertiary/aromatic N) is 4. The maximum atomic E-state index is 10.9. The van der Waals surface area contributed by atoms with Crippen molar-refractivity contribution in [2.45, 2.75) is 32.4 Å². The summed E-state index contributed by atoms with van der Waals surface area (Å²) in [4.78, 5) is 10.9. The first-order chi connectivity index (χ1) is 9.65. The molecule has 0 amide bonds. The molecule has 20 heavy (non-hydrogen) atoms. The van der Waals surface area contributed by atoms with Crippen molar-refractivity contribution < 1.29 is 14.6 Å². The average Bonchev–Trinajstić information content (AvgIpc) is 3.16. The zero-order valence-corrected chi connectivity index (χ0v) is 11.0. The smallest absolute Gasteiger partial charge is 0.335 e. The Morgan fingerprint density at radius 2 is 2.30 bits per heavy atom. The lowest BCUT2D eigenvalue weighted by atomic mass is 10.1. The summed E-state index contributed by atoms with van der Waals surface area (Å²) in [5, 5.41) is 20.5. The zero-order chi connectivity index (χ0) is 14.1. The van der Waals surface area contributed by atoms with Crippen LogP contribution in [0.5, 0.6) is 5.75 Å². The highest BCUT2D eigenvalue weighted by atomic mass is 16.5. The lowest BCUT2D eigenvalue weighted by Crippen LogP contribution is -2.08. The summed E-state index contributed by atoms with van der Waals surface area (Å²) in [5.41, 5.74) is 1.02. The molecule has 1 saturated carbocycles. The molecule has 1 aromatic carbocycles. The van der Waals surface area contributed by atoms with Crippen LogP contribution in [0.15, 0.2) is 18.2 Å². The van der Waals surface area contributed by atoms with Gasteiger partial charge in [-0.15, -0.1) is 5.10 Å². The van der Waals surface area contributed by atoms with Gasteiger partial charge in [0, 0.05) is 0 Å². The van der Waals surface area contributed by atoms with E-state index in [9.17, 15) is 4.79 Å². The highest BCUT2D eigenvalue weighted by Gasteiger charge is 2.27. The molecule has 1 heterocycles. The quantitative estimate of drug-likeness (QED) is 0.890. The topological polar surface area (TPSA) is 90.1 Å². The molecular weight excluding hydrogens is 260 g/mol. The van der Waals surface area contributed by atoms with Crippen LogP contribution in [0, 0.1) is 6.92 Å². The van der Waals surface area contributed by atoms with Crippen molar-refractivity contribution in [3.8, 4) is 5.75 Å². The van der Waals surface area contributed by atoms with Crippen molar-refractivity contribution in [1.29, 1.82) is 0 Å². The second-order valence-corrected chi connectivity index (χ2v) is 4.84. The second-order valence-electron chi connectivity index (χ2n) is 4.84. The van der Waals surface area contributed by atoms with Gasteiger partial charge in [-0.1, -0.05) is 0 Å². The Hall–Kier alpha value is -2.44. The molecule has 1 N–H and O–H groups in total. The zero-order valence-electron chi connectivity index (χ0n) is 11.0. The highest BCUT2D eigenvalue weighted by molar-refractivity contribution is 5.88. The summed E-state index contributed by atoms with van der Waals surface area (Å²) in [7, 11) is 0. The third-order valence-corrected chi connectivity index (χ3v) is 3.23. The van der Waals surface area contributed by atoms with Gasteiger partial charge in [0.05, 0.1) is 11.6 Å². The molecule has 7 nitrogen and oxygen atoms in total. The first-order valence-electron chi connectivity index (χ1n) is 6.38. The number of hydrogen-bond donors (Lipinski definition) is 1. The fourth-order valence-electron chi connectivity index (χ4n) is 2.00. The van der Waals surface area contributed by atoms with E-state index in [0.717, 1.165) is 18.4 Å². The lowest BCUT2D eigenvalue weighted by Gasteiger charge is -2.09. The fraction of sp³-hybridized carbons (Fsp3) is 0.385. The molecule has 1 aliphatic carbocycles. The van der Waals surface area contributed by atoms with Crippen molar-refractivity contribution in [2.75, 3.05) is 0 Å². The van der Waals surface area contributed by atoms with E-state index in [1.54, 1.807) is 16.8 Å². The number of hydrogen-bond acceptors (Lipinski definition) is 5. The van der Waals surface area contributed by atoms with Crippen LogP contribution in [0.2, 0.25) is 0 Å². The van der Waals surface area contributed by atoms with Crippen molar-refractivity contribution >= 4 is 5.97 Å². The van der Waals surface area contributed by atoms with E-state index in [4.69, 9.17) is 9.84 Å². The number of rotatable bonds is 5. The number of carbonyl (C=O) groups is 1. The largest absolute Gasteiger partial charge is 0.485 e. The average molecular weight is 274 g/mol. The Kier molecular flexibility index (Phi) is 3.09. The summed E-state index contributed by atoms with van der Waals surface area (Å²) in [5.74, 6) is 0.381. The van der Waals surface area contributed by atoms with E-state index in [-0.39, 0.29) is 12.2 Å². The summed E-state index contributed by atoms with van der Waals surface area (Å²) in [6.45, 7) is 2.09. The van der Waals surface area contributed by atoms with Crippen LogP contribution in [0.25, 0.3) is 0 Å². The molecule has 0 radical (unpaired) electrons. The van der Waals surface area contributed by atoms with E-state index in [2.05, 4.69) is 15.5 Å². The van der Waals surface area contributed by atoms with Crippen LogP contribution in [-0.4, -0.2) is 31.3 Å². The summed E-state index contributed by atoms with van der Waals surface area (Å²) in [6, 6.07) is 5.17. The van der Waals surface area contributed by atoms with Gasteiger partial charge in [-0.3, -0.25) is 0 Å². The minimum Gasteiger partial charge on any atom is -0.485 e. The first kappa shape index (κ1) is 12.6. The van der Waals surface area contributed by atoms with Gasteiger partial charge in [-0.25, -0.2) is 9.48 Å². The predicted molar refractivity (Wildman–Crippen MR) is 68.6 cm³/mol. The van der Waals surface area contributed by atoms with Crippen LogP contribution in [0.1, 0.15) is 40.6 Å². The lowest BCUT2D eigenvalue weighted by molar-refractivity contribution is 0.0696. The Morgan fingerprint density at radius 3 is 2.95 bits per heavy atom. The Labute approximate surface area is 115 Å². The second kappa shape index (κ2) is 4.92. The van der Waals surface area contributed by atoms with Gasteiger partial charge in [-0.05, 0) is 54.0 Å². The first-order valence-corrected chi connectivity index (χ1v) is 6.38. The molecule has 104 valence electrons. The van der Waals surface area contributed by atoms with E-state index >= 15 is 0 Å². The Bertz CT molecular complexity index is 649. The molecule has 1 aliphatic rings. The van der Waals surface area contributed by atoms with Gasteiger partial charge in [0.25, 0.3) is 0 Å². The van der Waals surface area contributed by atoms with Gasteiger partial charge in [0.1, 0.15) is 12.4 Å². The van der Waals surface area contributed by atoms with Gasteiger partial charge < -0.3 is 9.84 Å². The van der Waals surface area contributed by atoms with Crippen LogP contribution in [0.4, 0.5) is 0 Å². The number of aromatic nitrogens is 4. The standard InChI is InChI=1S/C13H14N4O3/c1-8-6-9(13(18)19)2-5-11(8)20-7-12-14-15-16-17(12)10-3-4-10/h2,5-6,10H,3-4,7H2,1H3,(H,18,19). The number of aryl methyl sites for hydroxylation is 1. The number of tetrazole rings is 1. The van der Waals surface area contributed by atoms with Gasteiger partial charge in [-0.2, -0.15) is 0 Å². The van der Waals surface area contributed by atoms with Crippen LogP contribution >= 0.6 is 0 Å². The van der Waals surface area contributed by atoms with Gasteiger partial charge in [0.15, 0.2) is 5.82 Å². The highest BCUT2D eigenvalue weighted by Crippen LogP contribution is 2.34. The molecule has 0 spiro atoms. The van der Waals surface area contributed by atoms with Crippen molar-refractivity contribution in [1.82, 2.24) is 20.2 Å². The summed E-state index contributed by atoms with van der Waals surface area (Å²) in [6.07, 6.45) is 2.20. The molecule has 3 rings (SSSR count). The molecule has 0 aliphatic heterocycles. The molecule has 0 bridgehead atoms. The maximum Gasteiger partial charge on any atom is 0.335 e. The van der Waals surface area contributed by atoms with Crippen molar-refractivity contribution in [2.24, 2.45) is 0 Å². The van der Waals surface area contributed by atoms with Gasteiger partial charge >= 0.3 is 5.97 Å². The van der Waals surface area contributed by atoms with E-state index in [0.29, 0.717) is 17.6 Å². The fourth-order valence-corrected chi connectivity index (χ4v) is 2.00. The van der Waals surface area contributed by atoms with Crippen molar-refractivity contribution in [3.05, 3.63) is 35.2 Å². The third kappa shape index (κ3) is 2.47. The third-order valence-electron chi connectivity index (χ3n) is 3.23. The van der Waals surface area contributed by atoms with E-state index < -0.39 is 5.97 Å². The molecule has 0 atom stereocenters. The number of ether oxygens (including phenoxy) is 1. The van der Waals surface area contributed by atoms with Crippen molar-refractivity contribution in [3.63, 3.8) is 0 Å². The van der Waals surface area contributed by atoms with Gasteiger partial charge in [0.2, 0.25) is 0 Å². The number of carboxylic acids is 1. The van der Waals surface area contributed by atoms with Crippen LogP contribution < -0.4 is 4.74 Å². The van der Waals surface area contributed by atoms with E-state index in [1.165, 1.54) is 6.07 Å². The molecule has 7 heteroatoms. The van der Waals surface area contributed by atoms with Crippen LogP contribution in [0.3, 0.4) is 0 Å². The number of carboxylic acid groups (broad SMARTS) is 1. The minimum absolute atomic E-state index is 0.248. The predicted octanol–water partition coefficient (Wildman–Crippen LogP) is 1.59. The maximum absolute atomic E-state index is 10.9. The number of benzene rings is 1.